The van der Waals surface area contributed by atoms with Gasteiger partial charge in [-0.1, -0.05) is 37.6 Å². The number of hydrogen-bond donors (Lipinski definition) is 0. The van der Waals surface area contributed by atoms with Crippen LogP contribution in [-0.2, 0) is 24.2 Å². The van der Waals surface area contributed by atoms with Gasteiger partial charge < -0.3 is 14.2 Å². The Labute approximate surface area is 153 Å². The lowest BCUT2D eigenvalue weighted by atomic mass is 10.0. The highest BCUT2D eigenvalue weighted by molar-refractivity contribution is 6.32. The third-order valence-electron chi connectivity index (χ3n) is 4.11. The summed E-state index contributed by atoms with van der Waals surface area (Å²) in [6, 6.07) is 9.42. The summed E-state index contributed by atoms with van der Waals surface area (Å²) < 4.78 is 15.8. The summed E-state index contributed by atoms with van der Waals surface area (Å²) in [6.07, 6.45) is 0.955. The van der Waals surface area contributed by atoms with Crippen LogP contribution in [0, 0.1) is 6.92 Å². The summed E-state index contributed by atoms with van der Waals surface area (Å²) in [5, 5.41) is 0.576. The maximum atomic E-state index is 11.5. The number of hydrogen-bond acceptors (Lipinski definition) is 4. The van der Waals surface area contributed by atoms with Gasteiger partial charge in [-0.25, -0.2) is 4.79 Å². The second-order valence-corrected chi connectivity index (χ2v) is 6.06. The van der Waals surface area contributed by atoms with E-state index in [2.05, 4.69) is 11.7 Å². The van der Waals surface area contributed by atoms with Gasteiger partial charge in [0.1, 0.15) is 18.1 Å². The van der Waals surface area contributed by atoms with Crippen molar-refractivity contribution >= 4 is 17.8 Å². The molecule has 0 aromatic heterocycles. The zero-order valence-corrected chi connectivity index (χ0v) is 15.8. The first-order valence-corrected chi connectivity index (χ1v) is 8.66. The van der Waals surface area contributed by atoms with E-state index in [1.54, 1.807) is 6.07 Å². The van der Waals surface area contributed by atoms with Gasteiger partial charge in [-0.2, -0.15) is 0 Å². The van der Waals surface area contributed by atoms with E-state index < -0.39 is 6.16 Å². The van der Waals surface area contributed by atoms with Crippen LogP contribution in [0.5, 0.6) is 11.5 Å². The molecule has 134 valence electrons. The summed E-state index contributed by atoms with van der Waals surface area (Å²) >= 11 is 6.34. The molecule has 0 bridgehead atoms. The van der Waals surface area contributed by atoms with Crippen molar-refractivity contribution in [3.05, 3.63) is 57.6 Å². The number of ether oxygens (including phenoxy) is 3. The fourth-order valence-electron chi connectivity index (χ4n) is 2.67. The van der Waals surface area contributed by atoms with E-state index in [1.165, 1.54) is 12.7 Å². The quantitative estimate of drug-likeness (QED) is 0.503. The van der Waals surface area contributed by atoms with Crippen LogP contribution in [-0.4, -0.2) is 13.3 Å². The molecule has 25 heavy (non-hydrogen) atoms. The van der Waals surface area contributed by atoms with Gasteiger partial charge in [0.25, 0.3) is 0 Å². The maximum Gasteiger partial charge on any atom is 0.513 e. The molecule has 5 heteroatoms. The number of carbonyl (C=O) groups is 1. The van der Waals surface area contributed by atoms with Gasteiger partial charge in [0.15, 0.2) is 0 Å². The average molecular weight is 363 g/mol. The summed E-state index contributed by atoms with van der Waals surface area (Å²) in [5.74, 6) is 1.05. The lowest BCUT2D eigenvalue weighted by molar-refractivity contribution is 0.120. The van der Waals surface area contributed by atoms with Crippen molar-refractivity contribution in [2.75, 3.05) is 7.11 Å². The average Bonchev–Trinajstić information content (AvgIpc) is 2.62. The van der Waals surface area contributed by atoms with Gasteiger partial charge in [0.05, 0.1) is 12.1 Å². The van der Waals surface area contributed by atoms with Crippen LogP contribution in [0.4, 0.5) is 4.79 Å². The normalized spacial score (nSPS) is 10.4. The molecule has 4 nitrogen and oxygen atoms in total. The number of methoxy groups -OCH3 is 1. The fourth-order valence-corrected chi connectivity index (χ4v) is 2.91. The second-order valence-electron chi connectivity index (χ2n) is 5.65. The Kier molecular flexibility index (Phi) is 6.71. The number of carbonyl (C=O) groups excluding carboxylic acids is 1. The van der Waals surface area contributed by atoms with Gasteiger partial charge in [-0.15, -0.1) is 0 Å². The van der Waals surface area contributed by atoms with Crippen LogP contribution in [0.25, 0.3) is 0 Å². The first kappa shape index (κ1) is 19.1. The number of aryl methyl sites for hydroxylation is 3. The van der Waals surface area contributed by atoms with Crippen LogP contribution in [0.15, 0.2) is 30.3 Å². The van der Waals surface area contributed by atoms with Crippen LogP contribution in [0.2, 0.25) is 5.02 Å². The zero-order chi connectivity index (χ0) is 18.4. The van der Waals surface area contributed by atoms with Crippen molar-refractivity contribution in [2.45, 2.75) is 40.2 Å². The standard InChI is InChI=1S/C20H23ClO4/c1-5-14-8-7-9-18(25-20(22)23-4)16(14)12-24-19-10-13(3)15(6-2)11-17(19)21/h7-11H,5-6,12H2,1-4H3. The van der Waals surface area contributed by atoms with Crippen molar-refractivity contribution < 1.29 is 19.0 Å². The zero-order valence-electron chi connectivity index (χ0n) is 15.0. The molecular formula is C20H23ClO4. The molecule has 0 aliphatic rings. The molecule has 0 heterocycles. The smallest absolute Gasteiger partial charge is 0.487 e. The molecule has 0 amide bonds. The van der Waals surface area contributed by atoms with E-state index in [0.29, 0.717) is 16.5 Å². The predicted molar refractivity (Wildman–Crippen MR) is 98.8 cm³/mol. The van der Waals surface area contributed by atoms with Gasteiger partial charge in [0, 0.05) is 5.56 Å². The minimum Gasteiger partial charge on any atom is -0.487 e. The Balaban J connectivity index is 2.28. The summed E-state index contributed by atoms with van der Waals surface area (Å²) in [5.41, 5.74) is 4.18. The molecule has 0 unspecified atom stereocenters. The predicted octanol–water partition coefficient (Wildman–Crippen LogP) is 5.50. The third-order valence-corrected chi connectivity index (χ3v) is 4.41. The SMILES string of the molecule is CCc1cc(Cl)c(OCc2c(CC)cccc2OC(=O)OC)cc1C. The maximum absolute atomic E-state index is 11.5. The van der Waals surface area contributed by atoms with E-state index >= 15 is 0 Å². The van der Waals surface area contributed by atoms with Crippen LogP contribution < -0.4 is 9.47 Å². The fraction of sp³-hybridized carbons (Fsp3) is 0.350. The molecule has 0 fully saturated rings. The molecule has 0 atom stereocenters. The molecule has 0 saturated carbocycles. The number of benzene rings is 2. The molecular weight excluding hydrogens is 340 g/mol. The molecule has 0 N–H and O–H groups in total. The molecule has 0 aliphatic carbocycles. The highest BCUT2D eigenvalue weighted by Gasteiger charge is 2.14. The molecule has 0 saturated heterocycles. The van der Waals surface area contributed by atoms with Crippen molar-refractivity contribution in [2.24, 2.45) is 0 Å². The molecule has 0 spiro atoms. The van der Waals surface area contributed by atoms with E-state index in [1.807, 2.05) is 38.1 Å². The summed E-state index contributed by atoms with van der Waals surface area (Å²) in [4.78, 5) is 11.5. The van der Waals surface area contributed by atoms with Crippen LogP contribution >= 0.6 is 11.6 Å². The van der Waals surface area contributed by atoms with Crippen molar-refractivity contribution in [3.8, 4) is 11.5 Å². The van der Waals surface area contributed by atoms with E-state index in [-0.39, 0.29) is 6.61 Å². The van der Waals surface area contributed by atoms with Crippen molar-refractivity contribution in [3.63, 3.8) is 0 Å². The summed E-state index contributed by atoms with van der Waals surface area (Å²) in [6.45, 7) is 6.41. The number of rotatable bonds is 6. The van der Waals surface area contributed by atoms with Crippen molar-refractivity contribution in [1.82, 2.24) is 0 Å². The minimum absolute atomic E-state index is 0.251. The minimum atomic E-state index is -0.754. The van der Waals surface area contributed by atoms with E-state index in [4.69, 9.17) is 21.1 Å². The van der Waals surface area contributed by atoms with Gasteiger partial charge in [-0.3, -0.25) is 0 Å². The summed E-state index contributed by atoms with van der Waals surface area (Å²) in [7, 11) is 1.28. The van der Waals surface area contributed by atoms with E-state index in [0.717, 1.165) is 29.5 Å². The lowest BCUT2D eigenvalue weighted by Crippen LogP contribution is -2.11. The van der Waals surface area contributed by atoms with Crippen LogP contribution in [0.3, 0.4) is 0 Å². The van der Waals surface area contributed by atoms with Gasteiger partial charge in [0.2, 0.25) is 0 Å². The van der Waals surface area contributed by atoms with E-state index in [9.17, 15) is 4.79 Å². The Morgan fingerprint density at radius 2 is 1.80 bits per heavy atom. The number of halogens is 1. The molecule has 2 aromatic carbocycles. The van der Waals surface area contributed by atoms with Crippen molar-refractivity contribution in [1.29, 1.82) is 0 Å². The highest BCUT2D eigenvalue weighted by atomic mass is 35.5. The highest BCUT2D eigenvalue weighted by Crippen LogP contribution is 2.31. The molecule has 2 aromatic rings. The topological polar surface area (TPSA) is 44.8 Å². The first-order chi connectivity index (χ1) is 12.0. The Morgan fingerprint density at radius 1 is 1.08 bits per heavy atom. The van der Waals surface area contributed by atoms with Crippen LogP contribution in [0.1, 0.15) is 36.1 Å². The lowest BCUT2D eigenvalue weighted by Gasteiger charge is -2.16. The molecule has 2 rings (SSSR count). The van der Waals surface area contributed by atoms with Gasteiger partial charge in [-0.05, 0) is 54.7 Å². The largest absolute Gasteiger partial charge is 0.513 e. The van der Waals surface area contributed by atoms with Gasteiger partial charge >= 0.3 is 6.16 Å². The third kappa shape index (κ3) is 4.67. The Bertz CT molecular complexity index is 756. The molecule has 0 radical (unpaired) electrons. The first-order valence-electron chi connectivity index (χ1n) is 8.28. The Hall–Kier alpha value is -2.20. The monoisotopic (exact) mass is 362 g/mol. The molecule has 0 aliphatic heterocycles. The Morgan fingerprint density at radius 3 is 2.44 bits per heavy atom. The second kappa shape index (κ2) is 8.77.